The van der Waals surface area contributed by atoms with Crippen LogP contribution >= 0.6 is 0 Å². The summed E-state index contributed by atoms with van der Waals surface area (Å²) < 4.78 is 13.6. The van der Waals surface area contributed by atoms with E-state index in [1.807, 2.05) is 54.6 Å². The van der Waals surface area contributed by atoms with Gasteiger partial charge in [-0.25, -0.2) is 9.48 Å². The van der Waals surface area contributed by atoms with E-state index in [0.29, 0.717) is 30.2 Å². The van der Waals surface area contributed by atoms with Crippen LogP contribution in [0.1, 0.15) is 50.8 Å². The second kappa shape index (κ2) is 10.9. The minimum atomic E-state index is -1.96. The first-order chi connectivity index (χ1) is 18.0. The third-order valence-electron chi connectivity index (χ3n) is 7.57. The molecule has 1 amide bonds. The molecule has 1 aromatic heterocycles. The fourth-order valence-corrected chi connectivity index (χ4v) is 5.33. The summed E-state index contributed by atoms with van der Waals surface area (Å²) in [4.78, 5) is 14.4. The monoisotopic (exact) mass is 531 g/mol. The molecule has 0 aliphatic carbocycles. The first kappa shape index (κ1) is 27.3. The van der Waals surface area contributed by atoms with E-state index < -0.39 is 8.32 Å². The van der Waals surface area contributed by atoms with Crippen molar-refractivity contribution in [1.82, 2.24) is 14.7 Å². The predicted octanol–water partition coefficient (Wildman–Crippen LogP) is 6.36. The molecule has 4 rings (SSSR count). The van der Waals surface area contributed by atoms with E-state index in [0.717, 1.165) is 29.7 Å². The number of nitrogen functional groups attached to an aromatic ring is 1. The Balaban J connectivity index is 1.49. The zero-order valence-electron chi connectivity index (χ0n) is 22.9. The van der Waals surface area contributed by atoms with E-state index in [9.17, 15) is 10.1 Å². The summed E-state index contributed by atoms with van der Waals surface area (Å²) >= 11 is 0. The van der Waals surface area contributed by atoms with Crippen molar-refractivity contribution in [2.24, 2.45) is 0 Å². The van der Waals surface area contributed by atoms with Crippen LogP contribution in [-0.2, 0) is 11.3 Å². The van der Waals surface area contributed by atoms with E-state index in [1.165, 1.54) is 0 Å². The van der Waals surface area contributed by atoms with Gasteiger partial charge in [0, 0.05) is 18.7 Å². The van der Waals surface area contributed by atoms with E-state index >= 15 is 0 Å². The summed E-state index contributed by atoms with van der Waals surface area (Å²) in [5, 5.41) is 14.8. The van der Waals surface area contributed by atoms with Gasteiger partial charge in [0.2, 0.25) is 8.32 Å². The average molecular weight is 532 g/mol. The molecule has 1 aliphatic heterocycles. The van der Waals surface area contributed by atoms with Crippen molar-refractivity contribution in [1.29, 1.82) is 5.26 Å². The van der Waals surface area contributed by atoms with E-state index in [2.05, 4.69) is 39.9 Å². The van der Waals surface area contributed by atoms with Crippen molar-refractivity contribution < 1.29 is 14.0 Å². The van der Waals surface area contributed by atoms with E-state index in [-0.39, 0.29) is 23.8 Å². The number of nitriles is 1. The van der Waals surface area contributed by atoms with Crippen LogP contribution in [0.5, 0.6) is 5.75 Å². The normalized spacial score (nSPS) is 16.1. The lowest BCUT2D eigenvalue weighted by atomic mass is 10.1. The molecule has 2 N–H and O–H groups in total. The van der Waals surface area contributed by atoms with Gasteiger partial charge in [-0.3, -0.25) is 0 Å². The van der Waals surface area contributed by atoms with Gasteiger partial charge in [-0.15, -0.1) is 0 Å². The number of aromatic nitrogens is 2. The number of rotatable bonds is 6. The summed E-state index contributed by atoms with van der Waals surface area (Å²) in [6.07, 6.45) is 1.24. The first-order valence-corrected chi connectivity index (χ1v) is 15.9. The largest absolute Gasteiger partial charge is 0.544 e. The number of nitrogens with zero attached hydrogens (tertiary/aromatic N) is 4. The molecular formula is C29H37N5O3Si. The van der Waals surface area contributed by atoms with Gasteiger partial charge in [0.05, 0.1) is 6.04 Å². The van der Waals surface area contributed by atoms with Gasteiger partial charge in [-0.1, -0.05) is 51.1 Å². The molecule has 8 nitrogen and oxygen atoms in total. The molecule has 0 saturated carbocycles. The SMILES string of the molecule is CC(C)(C)[Si](C)(C)Oc1ccc(-c2nn(C3CCCN(C(=O)OCc4ccccc4)C3)c(N)c2C#N)cc1. The smallest absolute Gasteiger partial charge is 0.410 e. The molecule has 0 spiro atoms. The number of carbonyl (C=O) groups excluding carboxylic acids is 1. The number of nitrogens with two attached hydrogens (primary N) is 1. The molecule has 2 heterocycles. The van der Waals surface area contributed by atoms with Gasteiger partial charge in [-0.05, 0) is 60.8 Å². The maximum atomic E-state index is 12.8. The van der Waals surface area contributed by atoms with Gasteiger partial charge in [0.15, 0.2) is 0 Å². The zero-order valence-corrected chi connectivity index (χ0v) is 23.9. The highest BCUT2D eigenvalue weighted by atomic mass is 28.4. The van der Waals surface area contributed by atoms with Crippen molar-refractivity contribution in [3.05, 3.63) is 65.7 Å². The number of ether oxygens (including phenoxy) is 1. The maximum Gasteiger partial charge on any atom is 0.410 e. The van der Waals surface area contributed by atoms with Crippen molar-refractivity contribution in [2.45, 2.75) is 64.4 Å². The highest BCUT2D eigenvalue weighted by molar-refractivity contribution is 6.74. The van der Waals surface area contributed by atoms with Gasteiger partial charge in [0.25, 0.3) is 0 Å². The molecule has 9 heteroatoms. The Labute approximate surface area is 226 Å². The van der Waals surface area contributed by atoms with Crippen LogP contribution in [0.15, 0.2) is 54.6 Å². The number of piperidine rings is 1. The summed E-state index contributed by atoms with van der Waals surface area (Å²) in [6, 6.07) is 19.4. The van der Waals surface area contributed by atoms with Crippen molar-refractivity contribution in [2.75, 3.05) is 18.8 Å². The molecule has 1 aliphatic rings. The molecule has 1 unspecified atom stereocenters. The molecule has 2 aromatic carbocycles. The maximum absolute atomic E-state index is 12.8. The van der Waals surface area contributed by atoms with Crippen LogP contribution in [0.3, 0.4) is 0 Å². The summed E-state index contributed by atoms with van der Waals surface area (Å²) in [7, 11) is -1.96. The molecule has 0 bridgehead atoms. The van der Waals surface area contributed by atoms with Crippen molar-refractivity contribution >= 4 is 20.2 Å². The third-order valence-corrected chi connectivity index (χ3v) is 11.9. The van der Waals surface area contributed by atoms with Gasteiger partial charge in [0.1, 0.15) is 35.5 Å². The van der Waals surface area contributed by atoms with Crippen molar-refractivity contribution in [3.8, 4) is 23.1 Å². The Bertz CT molecular complexity index is 1310. The zero-order chi connectivity index (χ0) is 27.5. The number of anilines is 1. The Kier molecular flexibility index (Phi) is 7.83. The first-order valence-electron chi connectivity index (χ1n) is 13.0. The number of likely N-dealkylation sites (tertiary alicyclic amines) is 1. The second-order valence-corrected chi connectivity index (χ2v) is 16.1. The molecule has 0 radical (unpaired) electrons. The Morgan fingerprint density at radius 2 is 1.84 bits per heavy atom. The van der Waals surface area contributed by atoms with E-state index in [1.54, 1.807) is 9.58 Å². The summed E-state index contributed by atoms with van der Waals surface area (Å²) in [5.41, 5.74) is 9.03. The summed E-state index contributed by atoms with van der Waals surface area (Å²) in [5.74, 6) is 1.12. The van der Waals surface area contributed by atoms with Crippen molar-refractivity contribution in [3.63, 3.8) is 0 Å². The fraction of sp³-hybridized carbons (Fsp3) is 0.414. The van der Waals surface area contributed by atoms with Gasteiger partial charge in [-0.2, -0.15) is 10.4 Å². The lowest BCUT2D eigenvalue weighted by Crippen LogP contribution is -2.43. The van der Waals surface area contributed by atoms with Crippen LogP contribution in [0.25, 0.3) is 11.3 Å². The average Bonchev–Trinajstić information content (AvgIpc) is 3.23. The van der Waals surface area contributed by atoms with Gasteiger partial charge >= 0.3 is 6.09 Å². The minimum Gasteiger partial charge on any atom is -0.544 e. The second-order valence-electron chi connectivity index (χ2n) is 11.3. The number of carbonyl (C=O) groups is 1. The molecule has 38 heavy (non-hydrogen) atoms. The number of hydrogen-bond donors (Lipinski definition) is 1. The van der Waals surface area contributed by atoms with E-state index in [4.69, 9.17) is 20.0 Å². The highest BCUT2D eigenvalue weighted by Crippen LogP contribution is 2.38. The van der Waals surface area contributed by atoms with Crippen LogP contribution in [0.4, 0.5) is 10.6 Å². The van der Waals surface area contributed by atoms with Crippen LogP contribution in [-0.4, -0.2) is 42.2 Å². The number of hydrogen-bond acceptors (Lipinski definition) is 6. The lowest BCUT2D eigenvalue weighted by Gasteiger charge is -2.36. The molecule has 3 aromatic rings. The Morgan fingerprint density at radius 3 is 2.47 bits per heavy atom. The van der Waals surface area contributed by atoms with Crippen LogP contribution in [0, 0.1) is 11.3 Å². The standard InChI is InChI=1S/C29H37N5O3Si/c1-29(2,3)38(4,5)37-24-15-13-22(14-16-24)26-25(18-30)27(31)34(32-26)23-12-9-17-33(19-23)28(35)36-20-21-10-7-6-8-11-21/h6-8,10-11,13-16,23H,9,12,17,19-20,31H2,1-5H3. The van der Waals surface area contributed by atoms with Crippen LogP contribution < -0.4 is 10.2 Å². The summed E-state index contributed by atoms with van der Waals surface area (Å²) in [6.45, 7) is 12.3. The van der Waals surface area contributed by atoms with Gasteiger partial charge < -0.3 is 19.8 Å². The lowest BCUT2D eigenvalue weighted by molar-refractivity contribution is 0.0791. The topological polar surface area (TPSA) is 106 Å². The number of benzene rings is 2. The fourth-order valence-electron chi connectivity index (χ4n) is 4.30. The molecule has 1 atom stereocenters. The highest BCUT2D eigenvalue weighted by Gasteiger charge is 2.39. The molecular weight excluding hydrogens is 494 g/mol. The Hall–Kier alpha value is -3.77. The Morgan fingerprint density at radius 1 is 1.16 bits per heavy atom. The molecule has 1 fully saturated rings. The van der Waals surface area contributed by atoms with Crippen LogP contribution in [0.2, 0.25) is 18.1 Å². The third kappa shape index (κ3) is 5.86. The minimum absolute atomic E-state index is 0.0920. The quantitative estimate of drug-likeness (QED) is 0.371. The molecule has 200 valence electrons. The molecule has 1 saturated heterocycles. The predicted molar refractivity (Wildman–Crippen MR) is 151 cm³/mol. The number of amides is 1.